The Hall–Kier alpha value is -1.30. The van der Waals surface area contributed by atoms with Gasteiger partial charge in [-0.3, -0.25) is 0 Å². The first-order valence-corrected chi connectivity index (χ1v) is 2.97. The van der Waals surface area contributed by atoms with E-state index in [0.717, 1.165) is 6.08 Å². The zero-order chi connectivity index (χ0) is 7.98. The van der Waals surface area contributed by atoms with Crippen LogP contribution in [0, 0.1) is 11.3 Å². The minimum atomic E-state index is -0.634. The third-order valence-corrected chi connectivity index (χ3v) is 0.940. The minimum absolute atomic E-state index is 0.510. The van der Waals surface area contributed by atoms with Crippen molar-refractivity contribution in [2.24, 2.45) is 0 Å². The van der Waals surface area contributed by atoms with Crippen LogP contribution >= 0.6 is 0 Å². The van der Waals surface area contributed by atoms with E-state index in [9.17, 15) is 4.79 Å². The highest BCUT2D eigenvalue weighted by atomic mass is 16.5. The number of ether oxygens (including phenoxy) is 1. The van der Waals surface area contributed by atoms with E-state index in [2.05, 4.69) is 11.3 Å². The van der Waals surface area contributed by atoms with Crippen LogP contribution in [0.3, 0.4) is 0 Å². The Morgan fingerprint density at radius 1 is 2.00 bits per heavy atom. The van der Waals surface area contributed by atoms with E-state index in [0.29, 0.717) is 6.42 Å². The molecule has 0 amide bonds. The van der Waals surface area contributed by atoms with Crippen LogP contribution in [0.2, 0.25) is 0 Å². The largest absolute Gasteiger partial charge is 0.444 e. The molecule has 0 aliphatic rings. The summed E-state index contributed by atoms with van der Waals surface area (Å²) in [4.78, 5) is 10.4. The van der Waals surface area contributed by atoms with Gasteiger partial charge in [0, 0.05) is 6.08 Å². The Kier molecular flexibility index (Phi) is 3.97. The van der Waals surface area contributed by atoms with Crippen molar-refractivity contribution < 1.29 is 9.53 Å². The first-order valence-electron chi connectivity index (χ1n) is 2.97. The number of esters is 1. The molecule has 0 aromatic heterocycles. The molecule has 1 atom stereocenters. The normalized spacial score (nSPS) is 11.2. The summed E-state index contributed by atoms with van der Waals surface area (Å²) in [5.41, 5.74) is 0. The maximum atomic E-state index is 10.4. The van der Waals surface area contributed by atoms with Crippen LogP contribution in [-0.4, -0.2) is 12.1 Å². The summed E-state index contributed by atoms with van der Waals surface area (Å²) in [6.45, 7) is 4.97. The van der Waals surface area contributed by atoms with Gasteiger partial charge in [-0.1, -0.05) is 13.5 Å². The quantitative estimate of drug-likeness (QED) is 0.433. The highest BCUT2D eigenvalue weighted by Crippen LogP contribution is 1.95. The Labute approximate surface area is 59.9 Å². The van der Waals surface area contributed by atoms with Gasteiger partial charge in [-0.15, -0.1) is 0 Å². The Balaban J connectivity index is 3.76. The van der Waals surface area contributed by atoms with Gasteiger partial charge in [-0.2, -0.15) is 5.26 Å². The molecular weight excluding hydrogens is 130 g/mol. The monoisotopic (exact) mass is 139 g/mol. The van der Waals surface area contributed by atoms with Crippen molar-refractivity contribution in [3.8, 4) is 6.07 Å². The zero-order valence-corrected chi connectivity index (χ0v) is 5.83. The predicted molar refractivity (Wildman–Crippen MR) is 36.0 cm³/mol. The van der Waals surface area contributed by atoms with Gasteiger partial charge in [-0.25, -0.2) is 4.79 Å². The van der Waals surface area contributed by atoms with E-state index in [-0.39, 0.29) is 0 Å². The molecule has 0 radical (unpaired) electrons. The van der Waals surface area contributed by atoms with Gasteiger partial charge in [0.1, 0.15) is 6.07 Å². The summed E-state index contributed by atoms with van der Waals surface area (Å²) < 4.78 is 4.58. The Bertz CT molecular complexity index is 169. The van der Waals surface area contributed by atoms with Crippen LogP contribution in [0.1, 0.15) is 13.3 Å². The number of hydrogen-bond donors (Lipinski definition) is 0. The lowest BCUT2D eigenvalue weighted by atomic mass is 10.3. The average molecular weight is 139 g/mol. The highest BCUT2D eigenvalue weighted by molar-refractivity contribution is 5.81. The summed E-state index contributed by atoms with van der Waals surface area (Å²) in [5, 5.41) is 8.31. The number of nitrogens with zero attached hydrogens (tertiary/aromatic N) is 1. The van der Waals surface area contributed by atoms with E-state index in [4.69, 9.17) is 5.26 Å². The first-order chi connectivity index (χ1) is 4.74. The van der Waals surface area contributed by atoms with Gasteiger partial charge < -0.3 is 4.74 Å². The number of hydrogen-bond acceptors (Lipinski definition) is 3. The summed E-state index contributed by atoms with van der Waals surface area (Å²) in [6, 6.07) is 1.83. The molecule has 0 aromatic carbocycles. The van der Waals surface area contributed by atoms with Crippen molar-refractivity contribution in [3.05, 3.63) is 12.7 Å². The summed E-state index contributed by atoms with van der Waals surface area (Å²) in [5.74, 6) is -0.548. The number of nitriles is 1. The van der Waals surface area contributed by atoms with Crippen molar-refractivity contribution >= 4 is 5.97 Å². The second-order valence-corrected chi connectivity index (χ2v) is 1.67. The molecule has 0 aromatic rings. The van der Waals surface area contributed by atoms with Gasteiger partial charge in [0.2, 0.25) is 0 Å². The van der Waals surface area contributed by atoms with Crippen LogP contribution in [0.25, 0.3) is 0 Å². The molecule has 0 aliphatic carbocycles. The van der Waals surface area contributed by atoms with E-state index >= 15 is 0 Å². The molecule has 1 unspecified atom stereocenters. The van der Waals surface area contributed by atoms with Crippen molar-refractivity contribution in [3.63, 3.8) is 0 Å². The third-order valence-electron chi connectivity index (χ3n) is 0.940. The topological polar surface area (TPSA) is 50.1 Å². The summed E-state index contributed by atoms with van der Waals surface area (Å²) >= 11 is 0. The molecule has 0 aliphatic heterocycles. The van der Waals surface area contributed by atoms with Crippen molar-refractivity contribution in [2.75, 3.05) is 0 Å². The lowest BCUT2D eigenvalue weighted by Gasteiger charge is -2.04. The van der Waals surface area contributed by atoms with Crippen LogP contribution in [-0.2, 0) is 9.53 Å². The lowest BCUT2D eigenvalue weighted by molar-refractivity contribution is -0.140. The predicted octanol–water partition coefficient (Wildman–Crippen LogP) is 1.02. The first kappa shape index (κ1) is 8.70. The van der Waals surface area contributed by atoms with Gasteiger partial charge in [0.15, 0.2) is 6.10 Å². The third kappa shape index (κ3) is 2.88. The van der Waals surface area contributed by atoms with Gasteiger partial charge in [0.25, 0.3) is 0 Å². The molecule has 0 saturated heterocycles. The molecule has 0 heterocycles. The van der Waals surface area contributed by atoms with Gasteiger partial charge in [-0.05, 0) is 6.42 Å². The van der Waals surface area contributed by atoms with Crippen LogP contribution in [0.15, 0.2) is 12.7 Å². The smallest absolute Gasteiger partial charge is 0.331 e. The molecule has 54 valence electrons. The van der Waals surface area contributed by atoms with Crippen LogP contribution in [0.4, 0.5) is 0 Å². The standard InChI is InChI=1S/C7H9NO2/c1-3-6(5-8)10-7(9)4-2/h4,6H,2-3H2,1H3. The SMILES string of the molecule is C=CC(=O)OC(C#N)CC. The molecular formula is C7H9NO2. The summed E-state index contributed by atoms with van der Waals surface area (Å²) in [7, 11) is 0. The zero-order valence-electron chi connectivity index (χ0n) is 5.83. The maximum absolute atomic E-state index is 10.4. The maximum Gasteiger partial charge on any atom is 0.331 e. The molecule has 0 N–H and O–H groups in total. The average Bonchev–Trinajstić information content (AvgIpc) is 1.99. The Morgan fingerprint density at radius 2 is 2.60 bits per heavy atom. The molecule has 0 saturated carbocycles. The second-order valence-electron chi connectivity index (χ2n) is 1.67. The van der Waals surface area contributed by atoms with Gasteiger partial charge in [0.05, 0.1) is 0 Å². The van der Waals surface area contributed by atoms with Crippen molar-refractivity contribution in [1.29, 1.82) is 5.26 Å². The van der Waals surface area contributed by atoms with E-state index in [1.807, 2.05) is 6.07 Å². The second kappa shape index (κ2) is 4.57. The number of carbonyl (C=O) groups excluding carboxylic acids is 1. The van der Waals surface area contributed by atoms with Gasteiger partial charge >= 0.3 is 5.97 Å². The molecule has 3 heteroatoms. The molecule has 0 fully saturated rings. The van der Waals surface area contributed by atoms with E-state index in [1.165, 1.54) is 0 Å². The fraction of sp³-hybridized carbons (Fsp3) is 0.429. The van der Waals surface area contributed by atoms with Crippen LogP contribution in [0.5, 0.6) is 0 Å². The fourth-order valence-corrected chi connectivity index (χ4v) is 0.389. The minimum Gasteiger partial charge on any atom is -0.444 e. The number of carbonyl (C=O) groups is 1. The highest BCUT2D eigenvalue weighted by Gasteiger charge is 2.06. The molecule has 3 nitrogen and oxygen atoms in total. The molecule has 0 spiro atoms. The molecule has 0 rings (SSSR count). The number of rotatable bonds is 3. The Morgan fingerprint density at radius 3 is 2.90 bits per heavy atom. The van der Waals surface area contributed by atoms with E-state index < -0.39 is 12.1 Å². The lowest BCUT2D eigenvalue weighted by Crippen LogP contribution is -2.12. The fourth-order valence-electron chi connectivity index (χ4n) is 0.389. The van der Waals surface area contributed by atoms with Crippen LogP contribution < -0.4 is 0 Å². The van der Waals surface area contributed by atoms with E-state index in [1.54, 1.807) is 6.92 Å². The van der Waals surface area contributed by atoms with Crippen molar-refractivity contribution in [2.45, 2.75) is 19.4 Å². The van der Waals surface area contributed by atoms with Crippen molar-refractivity contribution in [1.82, 2.24) is 0 Å². The molecule has 0 bridgehead atoms. The molecule has 10 heavy (non-hydrogen) atoms. The summed E-state index contributed by atoms with van der Waals surface area (Å²) in [6.07, 6.45) is 0.918.